The predicted molar refractivity (Wildman–Crippen MR) is 78.5 cm³/mol. The van der Waals surface area contributed by atoms with Crippen LogP contribution in [0, 0.1) is 3.57 Å². The first-order valence-electron chi connectivity index (χ1n) is 6.07. The average molecular weight is 360 g/mol. The smallest absolute Gasteiger partial charge is 0.251 e. The Balaban J connectivity index is 2.13. The van der Waals surface area contributed by atoms with Crippen molar-refractivity contribution in [1.29, 1.82) is 0 Å². The second-order valence-corrected chi connectivity index (χ2v) is 5.97. The molecule has 0 bridgehead atoms. The van der Waals surface area contributed by atoms with E-state index < -0.39 is 0 Å². The third-order valence-electron chi connectivity index (χ3n) is 3.54. The number of phenols is 1. The highest BCUT2D eigenvalue weighted by Crippen LogP contribution is 2.29. The molecule has 0 unspecified atom stereocenters. The largest absolute Gasteiger partial charge is 0.507 e. The van der Waals surface area contributed by atoms with Crippen LogP contribution in [-0.4, -0.2) is 23.1 Å². The second kappa shape index (κ2) is 5.44. The Bertz CT molecular complexity index is 456. The predicted octanol–water partition coefficient (Wildman–Crippen LogP) is 2.00. The molecule has 0 heterocycles. The van der Waals surface area contributed by atoms with E-state index in [0.29, 0.717) is 12.1 Å². The van der Waals surface area contributed by atoms with Gasteiger partial charge < -0.3 is 16.2 Å². The molecular weight excluding hydrogens is 343 g/mol. The van der Waals surface area contributed by atoms with Crippen molar-refractivity contribution in [3.8, 4) is 5.75 Å². The number of rotatable bonds is 3. The van der Waals surface area contributed by atoms with E-state index in [0.717, 1.165) is 29.3 Å². The van der Waals surface area contributed by atoms with Gasteiger partial charge in [0, 0.05) is 12.1 Å². The standard InChI is InChI=1S/C13H17IN2O2/c14-10-4-3-9(7-11(10)17)12(18)16-13(8-15)5-1-2-6-13/h3-4,7,17H,1-2,5-6,8,15H2,(H,16,18). The normalized spacial score (nSPS) is 17.7. The maximum atomic E-state index is 12.1. The summed E-state index contributed by atoms with van der Waals surface area (Å²) in [6.45, 7) is 0.467. The average Bonchev–Trinajstić information content (AvgIpc) is 2.82. The first kappa shape index (κ1) is 13.6. The lowest BCUT2D eigenvalue weighted by molar-refractivity contribution is 0.0902. The summed E-state index contributed by atoms with van der Waals surface area (Å²) in [6, 6.07) is 4.95. The van der Waals surface area contributed by atoms with Crippen LogP contribution < -0.4 is 11.1 Å². The van der Waals surface area contributed by atoms with Gasteiger partial charge in [-0.3, -0.25) is 4.79 Å². The lowest BCUT2D eigenvalue weighted by atomic mass is 9.97. The molecule has 0 aliphatic heterocycles. The zero-order chi connectivity index (χ0) is 13.2. The highest BCUT2D eigenvalue weighted by Gasteiger charge is 2.34. The Morgan fingerprint density at radius 2 is 2.11 bits per heavy atom. The number of nitrogens with two attached hydrogens (primary N) is 1. The summed E-state index contributed by atoms with van der Waals surface area (Å²) < 4.78 is 0.735. The Morgan fingerprint density at radius 3 is 2.67 bits per heavy atom. The number of hydrogen-bond donors (Lipinski definition) is 3. The maximum absolute atomic E-state index is 12.1. The fraction of sp³-hybridized carbons (Fsp3) is 0.462. The quantitative estimate of drug-likeness (QED) is 0.722. The number of hydrogen-bond acceptors (Lipinski definition) is 3. The third-order valence-corrected chi connectivity index (χ3v) is 4.45. The molecule has 98 valence electrons. The van der Waals surface area contributed by atoms with Crippen LogP contribution in [-0.2, 0) is 0 Å². The van der Waals surface area contributed by atoms with Crippen LogP contribution in [0.4, 0.5) is 0 Å². The lowest BCUT2D eigenvalue weighted by Gasteiger charge is -2.28. The molecule has 0 aromatic heterocycles. The van der Waals surface area contributed by atoms with E-state index in [4.69, 9.17) is 5.73 Å². The maximum Gasteiger partial charge on any atom is 0.251 e. The molecule has 0 atom stereocenters. The summed E-state index contributed by atoms with van der Waals surface area (Å²) in [5, 5.41) is 12.6. The summed E-state index contributed by atoms with van der Waals surface area (Å²) in [7, 11) is 0. The number of carbonyl (C=O) groups is 1. The Kier molecular flexibility index (Phi) is 4.11. The first-order valence-corrected chi connectivity index (χ1v) is 7.15. The molecule has 1 aromatic carbocycles. The number of nitrogens with one attached hydrogen (secondary N) is 1. The summed E-state index contributed by atoms with van der Waals surface area (Å²) in [5.41, 5.74) is 6.01. The van der Waals surface area contributed by atoms with E-state index >= 15 is 0 Å². The van der Waals surface area contributed by atoms with Crippen molar-refractivity contribution in [3.05, 3.63) is 27.3 Å². The summed E-state index contributed by atoms with van der Waals surface area (Å²) in [5.74, 6) is -0.0227. The van der Waals surface area contributed by atoms with Crippen molar-refractivity contribution in [2.45, 2.75) is 31.2 Å². The van der Waals surface area contributed by atoms with E-state index in [1.807, 2.05) is 22.6 Å². The minimum absolute atomic E-state index is 0.136. The highest BCUT2D eigenvalue weighted by molar-refractivity contribution is 14.1. The number of carbonyl (C=O) groups excluding carboxylic acids is 1. The van der Waals surface area contributed by atoms with Gasteiger partial charge in [0.2, 0.25) is 0 Å². The number of halogens is 1. The van der Waals surface area contributed by atoms with Crippen molar-refractivity contribution in [3.63, 3.8) is 0 Å². The van der Waals surface area contributed by atoms with E-state index in [1.54, 1.807) is 12.1 Å². The topological polar surface area (TPSA) is 75.3 Å². The van der Waals surface area contributed by atoms with E-state index in [9.17, 15) is 9.90 Å². The van der Waals surface area contributed by atoms with Gasteiger partial charge in [-0.25, -0.2) is 0 Å². The molecule has 1 aliphatic rings. The van der Waals surface area contributed by atoms with Gasteiger partial charge >= 0.3 is 0 Å². The van der Waals surface area contributed by atoms with Gasteiger partial charge in [0.1, 0.15) is 5.75 Å². The molecule has 2 rings (SSSR count). The van der Waals surface area contributed by atoms with Crippen molar-refractivity contribution in [2.75, 3.05) is 6.54 Å². The molecule has 1 aromatic rings. The van der Waals surface area contributed by atoms with Gasteiger partial charge in [-0.15, -0.1) is 0 Å². The molecule has 1 amide bonds. The number of amides is 1. The van der Waals surface area contributed by atoms with Crippen molar-refractivity contribution < 1.29 is 9.90 Å². The number of aromatic hydroxyl groups is 1. The summed E-state index contributed by atoms with van der Waals surface area (Å²) in [6.07, 6.45) is 4.09. The lowest BCUT2D eigenvalue weighted by Crippen LogP contribution is -2.51. The summed E-state index contributed by atoms with van der Waals surface area (Å²) >= 11 is 2.02. The van der Waals surface area contributed by atoms with Crippen LogP contribution >= 0.6 is 22.6 Å². The molecule has 0 spiro atoms. The van der Waals surface area contributed by atoms with E-state index in [-0.39, 0.29) is 17.2 Å². The summed E-state index contributed by atoms with van der Waals surface area (Å²) in [4.78, 5) is 12.1. The van der Waals surface area contributed by atoms with Crippen LogP contribution in [0.1, 0.15) is 36.0 Å². The van der Waals surface area contributed by atoms with Gasteiger partial charge in [0.05, 0.1) is 9.11 Å². The Labute approximate surface area is 120 Å². The number of phenolic OH excluding ortho intramolecular Hbond substituents is 1. The van der Waals surface area contributed by atoms with Crippen molar-refractivity contribution >= 4 is 28.5 Å². The first-order chi connectivity index (χ1) is 8.56. The molecule has 1 aliphatic carbocycles. The Hall–Kier alpha value is -0.820. The fourth-order valence-corrected chi connectivity index (χ4v) is 2.73. The second-order valence-electron chi connectivity index (χ2n) is 4.81. The molecule has 1 fully saturated rings. The van der Waals surface area contributed by atoms with Crippen molar-refractivity contribution in [1.82, 2.24) is 5.32 Å². The molecule has 5 heteroatoms. The van der Waals surface area contributed by atoms with Crippen molar-refractivity contribution in [2.24, 2.45) is 5.73 Å². The van der Waals surface area contributed by atoms with Crippen LogP contribution in [0.3, 0.4) is 0 Å². The third kappa shape index (κ3) is 2.77. The van der Waals surface area contributed by atoms with Gasteiger partial charge in [-0.05, 0) is 53.6 Å². The van der Waals surface area contributed by atoms with Gasteiger partial charge in [-0.2, -0.15) is 0 Å². The van der Waals surface area contributed by atoms with Gasteiger partial charge in [0.15, 0.2) is 0 Å². The SMILES string of the molecule is NCC1(NC(=O)c2ccc(I)c(O)c2)CCCC1. The number of benzene rings is 1. The molecule has 1 saturated carbocycles. The van der Waals surface area contributed by atoms with Crippen LogP contribution in [0.5, 0.6) is 5.75 Å². The van der Waals surface area contributed by atoms with Gasteiger partial charge in [0.25, 0.3) is 5.91 Å². The zero-order valence-electron chi connectivity index (χ0n) is 10.1. The molecule has 4 N–H and O–H groups in total. The highest BCUT2D eigenvalue weighted by atomic mass is 127. The van der Waals surface area contributed by atoms with Crippen LogP contribution in [0.2, 0.25) is 0 Å². The zero-order valence-corrected chi connectivity index (χ0v) is 12.2. The van der Waals surface area contributed by atoms with Gasteiger partial charge in [-0.1, -0.05) is 12.8 Å². The molecular formula is C13H17IN2O2. The minimum Gasteiger partial charge on any atom is -0.507 e. The van der Waals surface area contributed by atoms with E-state index in [1.165, 1.54) is 6.07 Å². The van der Waals surface area contributed by atoms with Crippen LogP contribution in [0.25, 0.3) is 0 Å². The van der Waals surface area contributed by atoms with Crippen LogP contribution in [0.15, 0.2) is 18.2 Å². The molecule has 0 radical (unpaired) electrons. The molecule has 0 saturated heterocycles. The Morgan fingerprint density at radius 1 is 1.44 bits per heavy atom. The van der Waals surface area contributed by atoms with E-state index in [2.05, 4.69) is 5.32 Å². The molecule has 18 heavy (non-hydrogen) atoms. The fourth-order valence-electron chi connectivity index (χ4n) is 2.40. The molecule has 4 nitrogen and oxygen atoms in total. The monoisotopic (exact) mass is 360 g/mol. The minimum atomic E-state index is -0.254.